The molecule has 0 amide bonds. The summed E-state index contributed by atoms with van der Waals surface area (Å²) in [5.41, 5.74) is 4.69. The molecule has 0 heterocycles. The number of rotatable bonds is 7. The van der Waals surface area contributed by atoms with E-state index in [2.05, 4.69) is 19.1 Å². The van der Waals surface area contributed by atoms with Gasteiger partial charge in [0.15, 0.2) is 11.6 Å². The molecule has 2 fully saturated rings. The maximum atomic E-state index is 15.9. The van der Waals surface area contributed by atoms with Crippen molar-refractivity contribution in [2.45, 2.75) is 109 Å². The molecule has 2 aromatic rings. The molecule has 4 rings (SSSR count). The molecule has 2 aliphatic rings. The topological polar surface area (TPSA) is 0 Å². The number of unbranched alkanes of at least 4 members (excludes halogenated alkanes) is 2. The minimum absolute atomic E-state index is 0.173. The minimum Gasteiger partial charge on any atom is -0.203 e. The molecule has 0 aromatic heterocycles. The Bertz CT molecular complexity index is 843. The summed E-state index contributed by atoms with van der Waals surface area (Å²) in [5, 5.41) is 0. The van der Waals surface area contributed by atoms with Gasteiger partial charge in [-0.25, -0.2) is 8.78 Å². The van der Waals surface area contributed by atoms with Gasteiger partial charge in [-0.2, -0.15) is 0 Å². The molecule has 0 unspecified atom stereocenters. The lowest BCUT2D eigenvalue weighted by Gasteiger charge is -2.33. The first-order valence-corrected chi connectivity index (χ1v) is 12.8. The SMILES string of the molecule is CCCCCc1c(F)c(F)c(C2CCCCC2)c(C2CCCCC2)c1-c1ccccc1. The Hall–Kier alpha value is -1.70. The van der Waals surface area contributed by atoms with Crippen molar-refractivity contribution >= 4 is 0 Å². The van der Waals surface area contributed by atoms with E-state index < -0.39 is 11.6 Å². The third-order valence-corrected chi connectivity index (χ3v) is 7.68. The van der Waals surface area contributed by atoms with Crippen LogP contribution in [-0.4, -0.2) is 0 Å². The quantitative estimate of drug-likeness (QED) is 0.388. The van der Waals surface area contributed by atoms with Gasteiger partial charge in [-0.05, 0) is 78.2 Å². The van der Waals surface area contributed by atoms with Crippen molar-refractivity contribution in [1.29, 1.82) is 0 Å². The first kappa shape index (κ1) is 22.5. The van der Waals surface area contributed by atoms with Crippen LogP contribution in [0.4, 0.5) is 8.78 Å². The fraction of sp³-hybridized carbons (Fsp3) is 0.586. The van der Waals surface area contributed by atoms with Crippen molar-refractivity contribution in [3.05, 3.63) is 58.7 Å². The van der Waals surface area contributed by atoms with Crippen molar-refractivity contribution in [2.24, 2.45) is 0 Å². The second-order valence-electron chi connectivity index (χ2n) is 9.80. The molecule has 0 aliphatic heterocycles. The Morgan fingerprint density at radius 3 is 1.87 bits per heavy atom. The first-order chi connectivity index (χ1) is 15.2. The Balaban J connectivity index is 1.95. The molecule has 2 aliphatic carbocycles. The van der Waals surface area contributed by atoms with E-state index in [9.17, 15) is 0 Å². The standard InChI is InChI=1S/C29H38F2/c1-2-3-7-20-24-25(21-14-8-4-9-15-21)26(22-16-10-5-11-17-22)27(29(31)28(24)30)23-18-12-6-13-19-23/h4,8-9,14-15,22-23H,2-3,5-7,10-13,16-20H2,1H3. The zero-order chi connectivity index (χ0) is 21.6. The summed E-state index contributed by atoms with van der Waals surface area (Å²) in [4.78, 5) is 0. The minimum atomic E-state index is -0.560. The smallest absolute Gasteiger partial charge is 0.162 e. The van der Waals surface area contributed by atoms with Gasteiger partial charge in [0.05, 0.1) is 0 Å². The largest absolute Gasteiger partial charge is 0.203 e. The first-order valence-electron chi connectivity index (χ1n) is 12.8. The lowest BCUT2D eigenvalue weighted by atomic mass is 9.71. The highest BCUT2D eigenvalue weighted by Crippen LogP contribution is 2.48. The van der Waals surface area contributed by atoms with E-state index in [-0.39, 0.29) is 5.92 Å². The highest BCUT2D eigenvalue weighted by molar-refractivity contribution is 5.74. The number of benzene rings is 2. The highest BCUT2D eigenvalue weighted by Gasteiger charge is 2.33. The molecule has 2 heteroatoms. The second-order valence-corrected chi connectivity index (χ2v) is 9.80. The van der Waals surface area contributed by atoms with Gasteiger partial charge in [0.2, 0.25) is 0 Å². The van der Waals surface area contributed by atoms with Gasteiger partial charge in [0.1, 0.15) is 0 Å². The van der Waals surface area contributed by atoms with E-state index in [1.807, 2.05) is 18.2 Å². The Morgan fingerprint density at radius 1 is 0.710 bits per heavy atom. The van der Waals surface area contributed by atoms with Crippen LogP contribution in [0.25, 0.3) is 11.1 Å². The molecule has 0 N–H and O–H groups in total. The van der Waals surface area contributed by atoms with Crippen LogP contribution in [0.15, 0.2) is 30.3 Å². The predicted molar refractivity (Wildman–Crippen MR) is 127 cm³/mol. The monoisotopic (exact) mass is 424 g/mol. The van der Waals surface area contributed by atoms with Crippen LogP contribution < -0.4 is 0 Å². The van der Waals surface area contributed by atoms with E-state index in [4.69, 9.17) is 0 Å². The lowest BCUT2D eigenvalue weighted by molar-refractivity contribution is 0.395. The van der Waals surface area contributed by atoms with E-state index in [1.165, 1.54) is 31.2 Å². The van der Waals surface area contributed by atoms with Crippen LogP contribution in [-0.2, 0) is 6.42 Å². The molecular weight excluding hydrogens is 386 g/mol. The Morgan fingerprint density at radius 2 is 1.29 bits per heavy atom. The van der Waals surface area contributed by atoms with Gasteiger partial charge < -0.3 is 0 Å². The molecule has 0 saturated heterocycles. The predicted octanol–water partition coefficient (Wildman–Crippen LogP) is 9.46. The van der Waals surface area contributed by atoms with E-state index in [0.717, 1.165) is 74.5 Å². The van der Waals surface area contributed by atoms with Crippen molar-refractivity contribution in [3.63, 3.8) is 0 Å². The summed E-state index contributed by atoms with van der Waals surface area (Å²) >= 11 is 0. The summed E-state index contributed by atoms with van der Waals surface area (Å²) in [7, 11) is 0. The maximum absolute atomic E-state index is 15.9. The molecule has 0 radical (unpaired) electrons. The second kappa shape index (κ2) is 10.7. The van der Waals surface area contributed by atoms with Gasteiger partial charge >= 0.3 is 0 Å². The molecular formula is C29H38F2. The summed E-state index contributed by atoms with van der Waals surface area (Å²) in [6.07, 6.45) is 15.1. The molecule has 168 valence electrons. The van der Waals surface area contributed by atoms with Crippen LogP contribution in [0, 0.1) is 11.6 Å². The van der Waals surface area contributed by atoms with Crippen molar-refractivity contribution in [3.8, 4) is 11.1 Å². The fourth-order valence-electron chi connectivity index (χ4n) is 6.10. The normalized spacial score (nSPS) is 18.4. The van der Waals surface area contributed by atoms with Gasteiger partial charge in [-0.15, -0.1) is 0 Å². The third-order valence-electron chi connectivity index (χ3n) is 7.68. The summed E-state index contributed by atoms with van der Waals surface area (Å²) < 4.78 is 31.7. The molecule has 0 bridgehead atoms. The van der Waals surface area contributed by atoms with Crippen molar-refractivity contribution in [1.82, 2.24) is 0 Å². The zero-order valence-electron chi connectivity index (χ0n) is 19.2. The molecule has 2 saturated carbocycles. The molecule has 2 aromatic carbocycles. The summed E-state index contributed by atoms with van der Waals surface area (Å²) in [6.45, 7) is 2.16. The molecule has 0 spiro atoms. The summed E-state index contributed by atoms with van der Waals surface area (Å²) in [6, 6.07) is 10.3. The lowest BCUT2D eigenvalue weighted by Crippen LogP contribution is -2.18. The molecule has 0 nitrogen and oxygen atoms in total. The average Bonchev–Trinajstić information content (AvgIpc) is 2.83. The Kier molecular flexibility index (Phi) is 7.80. The van der Waals surface area contributed by atoms with Crippen LogP contribution in [0.1, 0.15) is 119 Å². The van der Waals surface area contributed by atoms with Crippen molar-refractivity contribution in [2.75, 3.05) is 0 Å². The number of hydrogen-bond acceptors (Lipinski definition) is 0. The van der Waals surface area contributed by atoms with Crippen molar-refractivity contribution < 1.29 is 8.78 Å². The number of hydrogen-bond donors (Lipinski definition) is 0. The third kappa shape index (κ3) is 4.89. The summed E-state index contributed by atoms with van der Waals surface area (Å²) in [5.74, 6) is -0.540. The van der Waals surface area contributed by atoms with Gasteiger partial charge in [-0.3, -0.25) is 0 Å². The number of halogens is 2. The van der Waals surface area contributed by atoms with Gasteiger partial charge in [-0.1, -0.05) is 88.6 Å². The van der Waals surface area contributed by atoms with Crippen LogP contribution in [0.3, 0.4) is 0 Å². The molecule has 31 heavy (non-hydrogen) atoms. The molecule has 0 atom stereocenters. The fourth-order valence-corrected chi connectivity index (χ4v) is 6.10. The Labute approximate surface area is 187 Å². The van der Waals surface area contributed by atoms with Crippen LogP contribution in [0.2, 0.25) is 0 Å². The van der Waals surface area contributed by atoms with E-state index >= 15 is 8.78 Å². The zero-order valence-corrected chi connectivity index (χ0v) is 19.2. The maximum Gasteiger partial charge on any atom is 0.162 e. The average molecular weight is 425 g/mol. The highest BCUT2D eigenvalue weighted by atomic mass is 19.2. The van der Waals surface area contributed by atoms with Crippen LogP contribution in [0.5, 0.6) is 0 Å². The van der Waals surface area contributed by atoms with E-state index in [1.54, 1.807) is 0 Å². The van der Waals surface area contributed by atoms with Crippen LogP contribution >= 0.6 is 0 Å². The van der Waals surface area contributed by atoms with Gasteiger partial charge in [0.25, 0.3) is 0 Å². The van der Waals surface area contributed by atoms with E-state index in [0.29, 0.717) is 17.9 Å². The van der Waals surface area contributed by atoms with Gasteiger partial charge in [0, 0.05) is 0 Å².